The summed E-state index contributed by atoms with van der Waals surface area (Å²) in [4.78, 5) is 12.0. The molecule has 2 aromatic carbocycles. The van der Waals surface area contributed by atoms with Gasteiger partial charge in [0, 0.05) is 0 Å². The quantitative estimate of drug-likeness (QED) is 0.465. The molecule has 2 aromatic rings. The lowest BCUT2D eigenvalue weighted by Crippen LogP contribution is -2.18. The summed E-state index contributed by atoms with van der Waals surface area (Å²) in [5.41, 5.74) is 6.21. The van der Waals surface area contributed by atoms with E-state index in [1.165, 1.54) is 22.3 Å². The van der Waals surface area contributed by atoms with Crippen molar-refractivity contribution in [3.8, 4) is 11.1 Å². The average Bonchev–Trinajstić information content (AvgIpc) is 2.96. The lowest BCUT2D eigenvalue weighted by atomic mass is 10.0. The van der Waals surface area contributed by atoms with Gasteiger partial charge in [-0.25, -0.2) is 0 Å². The highest BCUT2D eigenvalue weighted by molar-refractivity contribution is 6.29. The fourth-order valence-electron chi connectivity index (χ4n) is 3.10. The van der Waals surface area contributed by atoms with Crippen molar-refractivity contribution in [3.05, 3.63) is 59.2 Å². The van der Waals surface area contributed by atoms with Crippen LogP contribution >= 0.6 is 11.6 Å². The Kier molecular flexibility index (Phi) is 5.02. The van der Waals surface area contributed by atoms with Crippen LogP contribution in [0.2, 0.25) is 0 Å². The van der Waals surface area contributed by atoms with Crippen molar-refractivity contribution >= 4 is 17.6 Å². The van der Waals surface area contributed by atoms with Crippen molar-refractivity contribution in [2.24, 2.45) is 0 Å². The highest BCUT2D eigenvalue weighted by atomic mass is 35.5. The van der Waals surface area contributed by atoms with Gasteiger partial charge in [0.15, 0.2) is 0 Å². The summed E-state index contributed by atoms with van der Waals surface area (Å²) < 4.78 is 5.44. The Morgan fingerprint density at radius 1 is 1.17 bits per heavy atom. The van der Waals surface area contributed by atoms with Crippen LogP contribution in [0.25, 0.3) is 11.1 Å². The van der Waals surface area contributed by atoms with Crippen molar-refractivity contribution in [2.75, 3.05) is 0 Å². The Hall–Kier alpha value is -1.80. The molecule has 0 radical (unpaired) electrons. The summed E-state index contributed by atoms with van der Waals surface area (Å²) in [6.45, 7) is 2.38. The minimum Gasteiger partial charge on any atom is -0.460 e. The van der Waals surface area contributed by atoms with Crippen LogP contribution in [0.3, 0.4) is 0 Å². The first-order chi connectivity index (χ1) is 11.2. The van der Waals surface area contributed by atoms with E-state index >= 15 is 0 Å². The Bertz CT molecular complexity index is 709. The van der Waals surface area contributed by atoms with Crippen molar-refractivity contribution in [1.29, 1.82) is 0 Å². The Morgan fingerprint density at radius 3 is 2.78 bits per heavy atom. The minimum atomic E-state index is -0.538. The van der Waals surface area contributed by atoms with E-state index < -0.39 is 5.38 Å². The fourth-order valence-corrected chi connectivity index (χ4v) is 3.32. The number of halogens is 1. The lowest BCUT2D eigenvalue weighted by molar-refractivity contribution is -0.144. The van der Waals surface area contributed by atoms with Crippen molar-refractivity contribution in [3.63, 3.8) is 0 Å². The Morgan fingerprint density at radius 2 is 1.96 bits per heavy atom. The largest absolute Gasteiger partial charge is 0.460 e. The molecule has 0 spiro atoms. The Balaban J connectivity index is 1.70. The van der Waals surface area contributed by atoms with E-state index in [9.17, 15) is 4.79 Å². The van der Waals surface area contributed by atoms with Gasteiger partial charge >= 0.3 is 5.97 Å². The molecule has 0 aromatic heterocycles. The molecule has 1 unspecified atom stereocenters. The van der Waals surface area contributed by atoms with E-state index in [0.29, 0.717) is 13.0 Å². The van der Waals surface area contributed by atoms with Crippen LogP contribution in [0.4, 0.5) is 0 Å². The van der Waals surface area contributed by atoms with E-state index in [-0.39, 0.29) is 5.97 Å². The van der Waals surface area contributed by atoms with Crippen molar-refractivity contribution in [1.82, 2.24) is 0 Å². The van der Waals surface area contributed by atoms with Crippen LogP contribution in [0.1, 0.15) is 42.9 Å². The number of alkyl halides is 1. The number of ether oxygens (including phenoxy) is 1. The second-order valence-electron chi connectivity index (χ2n) is 5.99. The molecule has 1 atom stereocenters. The first-order valence-electron chi connectivity index (χ1n) is 8.20. The Labute approximate surface area is 142 Å². The third-order valence-corrected chi connectivity index (χ3v) is 4.78. The number of benzene rings is 2. The van der Waals surface area contributed by atoms with Gasteiger partial charge in [0.25, 0.3) is 0 Å². The summed E-state index contributed by atoms with van der Waals surface area (Å²) in [6, 6.07) is 14.6. The van der Waals surface area contributed by atoms with Crippen LogP contribution < -0.4 is 0 Å². The molecule has 0 saturated heterocycles. The van der Waals surface area contributed by atoms with E-state index in [0.717, 1.165) is 24.8 Å². The van der Waals surface area contributed by atoms with Gasteiger partial charge in [-0.3, -0.25) is 4.79 Å². The van der Waals surface area contributed by atoms with Crippen LogP contribution in [0.5, 0.6) is 0 Å². The highest BCUT2D eigenvalue weighted by Crippen LogP contribution is 2.38. The summed E-state index contributed by atoms with van der Waals surface area (Å²) >= 11 is 6.09. The fraction of sp³-hybridized carbons (Fsp3) is 0.350. The predicted molar refractivity (Wildman–Crippen MR) is 93.6 cm³/mol. The standard InChI is InChI=1S/C20H21ClO2/c1-2-3-11-19(21)20(22)23-13-15-8-6-10-17-16-9-5-4-7-14(16)12-18(15)17/h4-10,19H,2-3,11-13H2,1H3. The molecule has 23 heavy (non-hydrogen) atoms. The third kappa shape index (κ3) is 3.42. The number of esters is 1. The number of hydrogen-bond donors (Lipinski definition) is 0. The molecule has 0 aliphatic heterocycles. The molecule has 3 rings (SSSR count). The van der Waals surface area contributed by atoms with E-state index in [2.05, 4.69) is 37.3 Å². The zero-order valence-electron chi connectivity index (χ0n) is 13.3. The highest BCUT2D eigenvalue weighted by Gasteiger charge is 2.22. The monoisotopic (exact) mass is 328 g/mol. The van der Waals surface area contributed by atoms with Crippen LogP contribution in [0, 0.1) is 0 Å². The maximum atomic E-state index is 12.0. The first-order valence-corrected chi connectivity index (χ1v) is 8.64. The number of fused-ring (bicyclic) bond motifs is 3. The smallest absolute Gasteiger partial charge is 0.324 e. The molecular formula is C20H21ClO2. The van der Waals surface area contributed by atoms with Gasteiger partial charge < -0.3 is 4.74 Å². The molecule has 120 valence electrons. The second kappa shape index (κ2) is 7.18. The van der Waals surface area contributed by atoms with E-state index in [1.54, 1.807) is 0 Å². The van der Waals surface area contributed by atoms with Gasteiger partial charge in [-0.05, 0) is 40.7 Å². The SMILES string of the molecule is CCCCC(Cl)C(=O)OCc1cccc2c1Cc1ccccc1-2. The van der Waals surface area contributed by atoms with Gasteiger partial charge in [-0.1, -0.05) is 62.2 Å². The van der Waals surface area contributed by atoms with Gasteiger partial charge in [0.2, 0.25) is 0 Å². The number of carbonyl (C=O) groups is 1. The van der Waals surface area contributed by atoms with Gasteiger partial charge in [-0.2, -0.15) is 0 Å². The average molecular weight is 329 g/mol. The molecule has 0 heterocycles. The summed E-state index contributed by atoms with van der Waals surface area (Å²) in [5.74, 6) is -0.312. The molecule has 1 aliphatic rings. The number of unbranched alkanes of at least 4 members (excludes halogenated alkanes) is 1. The van der Waals surface area contributed by atoms with Crippen LogP contribution in [-0.2, 0) is 22.6 Å². The topological polar surface area (TPSA) is 26.3 Å². The van der Waals surface area contributed by atoms with Gasteiger partial charge in [0.1, 0.15) is 12.0 Å². The van der Waals surface area contributed by atoms with Gasteiger partial charge in [-0.15, -0.1) is 11.6 Å². The number of hydrogen-bond acceptors (Lipinski definition) is 2. The molecule has 0 N–H and O–H groups in total. The molecule has 0 amide bonds. The van der Waals surface area contributed by atoms with Gasteiger partial charge in [0.05, 0.1) is 0 Å². The zero-order valence-corrected chi connectivity index (χ0v) is 14.1. The third-order valence-electron chi connectivity index (χ3n) is 4.38. The summed E-state index contributed by atoms with van der Waals surface area (Å²) in [7, 11) is 0. The molecule has 3 heteroatoms. The molecule has 0 saturated carbocycles. The minimum absolute atomic E-state index is 0.297. The molecule has 1 aliphatic carbocycles. The maximum Gasteiger partial charge on any atom is 0.324 e. The normalized spacial score (nSPS) is 13.3. The zero-order chi connectivity index (χ0) is 16.2. The second-order valence-corrected chi connectivity index (χ2v) is 6.52. The molecule has 0 bridgehead atoms. The molecule has 2 nitrogen and oxygen atoms in total. The van der Waals surface area contributed by atoms with Crippen molar-refractivity contribution < 1.29 is 9.53 Å². The van der Waals surface area contributed by atoms with Crippen LogP contribution in [0.15, 0.2) is 42.5 Å². The maximum absolute atomic E-state index is 12.0. The van der Waals surface area contributed by atoms with E-state index in [4.69, 9.17) is 16.3 Å². The van der Waals surface area contributed by atoms with E-state index in [1.807, 2.05) is 12.1 Å². The molecule has 0 fully saturated rings. The predicted octanol–water partition coefficient (Wildman–Crippen LogP) is 5.10. The molecular weight excluding hydrogens is 308 g/mol. The van der Waals surface area contributed by atoms with Crippen LogP contribution in [-0.4, -0.2) is 11.3 Å². The van der Waals surface area contributed by atoms with Crippen molar-refractivity contribution in [2.45, 2.75) is 44.6 Å². The lowest BCUT2D eigenvalue weighted by Gasteiger charge is -2.12. The number of carbonyl (C=O) groups excluding carboxylic acids is 1. The summed E-state index contributed by atoms with van der Waals surface area (Å²) in [5, 5.41) is -0.538. The number of rotatable bonds is 6. The summed E-state index contributed by atoms with van der Waals surface area (Å²) in [6.07, 6.45) is 3.55. The first kappa shape index (κ1) is 16.1.